The van der Waals surface area contributed by atoms with Crippen LogP contribution in [0, 0.1) is 6.92 Å². The fourth-order valence-corrected chi connectivity index (χ4v) is 5.16. The lowest BCUT2D eigenvalue weighted by Crippen LogP contribution is -2.35. The van der Waals surface area contributed by atoms with Gasteiger partial charge in [0, 0.05) is 22.3 Å². The minimum Gasteiger partial charge on any atom is -0.305 e. The summed E-state index contributed by atoms with van der Waals surface area (Å²) in [6.07, 6.45) is 0.594. The average molecular weight is 441 g/mol. The Kier molecular flexibility index (Phi) is 5.30. The fraction of sp³-hybridized carbons (Fsp3) is 0.174. The van der Waals surface area contributed by atoms with Gasteiger partial charge in [-0.25, -0.2) is 8.42 Å². The number of hydrogen-bond donors (Lipinski definition) is 1. The molecule has 1 N–H and O–H groups in total. The second-order valence-electron chi connectivity index (χ2n) is 7.45. The highest BCUT2D eigenvalue weighted by molar-refractivity contribution is 7.92. The van der Waals surface area contributed by atoms with Crippen LogP contribution in [0.15, 0.2) is 71.6 Å². The van der Waals surface area contributed by atoms with Crippen molar-refractivity contribution in [2.45, 2.75) is 31.2 Å². The third-order valence-electron chi connectivity index (χ3n) is 5.25. The van der Waals surface area contributed by atoms with E-state index in [0.717, 1.165) is 16.8 Å². The highest BCUT2D eigenvalue weighted by Crippen LogP contribution is 2.35. The van der Waals surface area contributed by atoms with E-state index in [1.165, 1.54) is 6.07 Å². The van der Waals surface area contributed by atoms with Crippen molar-refractivity contribution in [3.63, 3.8) is 0 Å². The van der Waals surface area contributed by atoms with Crippen molar-refractivity contribution in [1.29, 1.82) is 0 Å². The summed E-state index contributed by atoms with van der Waals surface area (Å²) in [5.41, 5.74) is 3.41. The van der Waals surface area contributed by atoms with Crippen molar-refractivity contribution >= 4 is 38.9 Å². The molecule has 0 aliphatic carbocycles. The van der Waals surface area contributed by atoms with Crippen LogP contribution in [0.4, 0.5) is 11.4 Å². The Labute approximate surface area is 181 Å². The molecule has 4 rings (SSSR count). The number of nitrogens with one attached hydrogen (secondary N) is 1. The Hall–Kier alpha value is -2.83. The lowest BCUT2D eigenvalue weighted by Gasteiger charge is -2.23. The van der Waals surface area contributed by atoms with Crippen LogP contribution in [0.25, 0.3) is 0 Å². The Morgan fingerprint density at radius 3 is 2.50 bits per heavy atom. The first kappa shape index (κ1) is 20.4. The molecule has 3 aromatic rings. The molecule has 1 aliphatic rings. The van der Waals surface area contributed by atoms with Crippen LogP contribution in [0.3, 0.4) is 0 Å². The van der Waals surface area contributed by atoms with Gasteiger partial charge >= 0.3 is 0 Å². The van der Waals surface area contributed by atoms with Gasteiger partial charge in [-0.3, -0.25) is 9.52 Å². The topological polar surface area (TPSA) is 66.5 Å². The predicted molar refractivity (Wildman–Crippen MR) is 120 cm³/mol. The monoisotopic (exact) mass is 440 g/mol. The maximum Gasteiger partial charge on any atom is 0.261 e. The van der Waals surface area contributed by atoms with E-state index >= 15 is 0 Å². The fourth-order valence-electron chi connectivity index (χ4n) is 3.75. The van der Waals surface area contributed by atoms with E-state index in [-0.39, 0.29) is 16.8 Å². The van der Waals surface area contributed by atoms with Gasteiger partial charge in [0.2, 0.25) is 0 Å². The maximum atomic E-state index is 13.0. The normalized spacial score (nSPS) is 15.7. The van der Waals surface area contributed by atoms with Crippen LogP contribution < -0.4 is 9.62 Å². The molecule has 0 saturated heterocycles. The zero-order valence-electron chi connectivity index (χ0n) is 16.6. The van der Waals surface area contributed by atoms with E-state index < -0.39 is 10.0 Å². The maximum absolute atomic E-state index is 13.0. The van der Waals surface area contributed by atoms with Crippen molar-refractivity contribution in [2.24, 2.45) is 0 Å². The van der Waals surface area contributed by atoms with Crippen LogP contribution in [0.1, 0.15) is 28.4 Å². The number of sulfonamides is 1. The summed E-state index contributed by atoms with van der Waals surface area (Å²) in [6.45, 7) is 3.76. The minimum atomic E-state index is -3.77. The Morgan fingerprint density at radius 1 is 1.07 bits per heavy atom. The SMILES string of the molecule is Cc1cc(Cl)ccc1NS(=O)(=O)c1ccc2c(c1)C[C@@H](C)N2C(=O)c1ccccc1. The lowest BCUT2D eigenvalue weighted by atomic mass is 10.1. The van der Waals surface area contributed by atoms with Gasteiger partial charge in [-0.15, -0.1) is 0 Å². The molecular formula is C23H21ClN2O3S. The molecule has 0 unspecified atom stereocenters. The summed E-state index contributed by atoms with van der Waals surface area (Å²) in [5.74, 6) is -0.0904. The number of benzene rings is 3. The molecule has 0 aromatic heterocycles. The number of aryl methyl sites for hydroxylation is 1. The van der Waals surface area contributed by atoms with E-state index in [2.05, 4.69) is 4.72 Å². The van der Waals surface area contributed by atoms with Gasteiger partial charge in [0.1, 0.15) is 0 Å². The van der Waals surface area contributed by atoms with Gasteiger partial charge in [-0.05, 0) is 79.9 Å². The Balaban J connectivity index is 1.64. The first-order valence-corrected chi connectivity index (χ1v) is 11.4. The molecule has 154 valence electrons. The third-order valence-corrected chi connectivity index (χ3v) is 6.85. The van der Waals surface area contributed by atoms with E-state index in [1.807, 2.05) is 25.1 Å². The number of carbonyl (C=O) groups excluding carboxylic acids is 1. The molecule has 0 bridgehead atoms. The summed E-state index contributed by atoms with van der Waals surface area (Å²) in [6, 6.07) is 18.9. The van der Waals surface area contributed by atoms with Crippen LogP contribution in [-0.4, -0.2) is 20.4 Å². The van der Waals surface area contributed by atoms with Gasteiger partial charge in [0.05, 0.1) is 10.6 Å². The van der Waals surface area contributed by atoms with Gasteiger partial charge in [0.25, 0.3) is 15.9 Å². The quantitative estimate of drug-likeness (QED) is 0.618. The van der Waals surface area contributed by atoms with Gasteiger partial charge in [-0.2, -0.15) is 0 Å². The van der Waals surface area contributed by atoms with Crippen molar-refractivity contribution in [3.05, 3.63) is 88.4 Å². The molecule has 0 radical (unpaired) electrons. The van der Waals surface area contributed by atoms with Gasteiger partial charge in [-0.1, -0.05) is 29.8 Å². The Morgan fingerprint density at radius 2 is 1.80 bits per heavy atom. The number of halogens is 1. The van der Waals surface area contributed by atoms with Crippen LogP contribution in [0.2, 0.25) is 5.02 Å². The molecule has 0 saturated carbocycles. The highest BCUT2D eigenvalue weighted by Gasteiger charge is 2.32. The molecule has 1 aliphatic heterocycles. The molecule has 7 heteroatoms. The second kappa shape index (κ2) is 7.78. The van der Waals surface area contributed by atoms with Crippen LogP contribution >= 0.6 is 11.6 Å². The largest absolute Gasteiger partial charge is 0.305 e. The van der Waals surface area contributed by atoms with E-state index in [1.54, 1.807) is 54.3 Å². The summed E-state index contributed by atoms with van der Waals surface area (Å²) >= 11 is 5.96. The van der Waals surface area contributed by atoms with E-state index in [9.17, 15) is 13.2 Å². The molecule has 0 spiro atoms. The molecule has 0 fully saturated rings. The average Bonchev–Trinajstić information content (AvgIpc) is 3.05. The third kappa shape index (κ3) is 3.80. The first-order valence-electron chi connectivity index (χ1n) is 9.57. The lowest BCUT2D eigenvalue weighted by molar-refractivity contribution is 0.0981. The number of rotatable bonds is 4. The minimum absolute atomic E-state index is 0.0582. The van der Waals surface area contributed by atoms with Gasteiger partial charge in [0.15, 0.2) is 0 Å². The molecule has 5 nitrogen and oxygen atoms in total. The number of hydrogen-bond acceptors (Lipinski definition) is 3. The number of fused-ring (bicyclic) bond motifs is 1. The molecule has 30 heavy (non-hydrogen) atoms. The van der Waals surface area contributed by atoms with Crippen molar-refractivity contribution in [3.8, 4) is 0 Å². The summed E-state index contributed by atoms with van der Waals surface area (Å²) in [4.78, 5) is 14.9. The highest BCUT2D eigenvalue weighted by atomic mass is 35.5. The summed E-state index contributed by atoms with van der Waals surface area (Å²) in [7, 11) is -3.77. The standard InChI is InChI=1S/C23H21ClN2O3S/c1-15-12-19(24)8-10-21(15)25-30(28,29)20-9-11-22-18(14-20)13-16(2)26(22)23(27)17-6-4-3-5-7-17/h3-12,14,16,25H,13H2,1-2H3/t16-/m1/s1. The summed E-state index contributed by atoms with van der Waals surface area (Å²) < 4.78 is 28.5. The van der Waals surface area contributed by atoms with Crippen LogP contribution in [0.5, 0.6) is 0 Å². The second-order valence-corrected chi connectivity index (χ2v) is 9.57. The Bertz CT molecular complexity index is 1230. The number of anilines is 2. The van der Waals surface area contributed by atoms with Crippen molar-refractivity contribution in [2.75, 3.05) is 9.62 Å². The smallest absolute Gasteiger partial charge is 0.261 e. The molecular weight excluding hydrogens is 420 g/mol. The molecule has 1 amide bonds. The van der Waals surface area contributed by atoms with Crippen molar-refractivity contribution in [1.82, 2.24) is 0 Å². The number of carbonyl (C=O) groups is 1. The van der Waals surface area contributed by atoms with E-state index in [4.69, 9.17) is 11.6 Å². The van der Waals surface area contributed by atoms with E-state index in [0.29, 0.717) is 22.7 Å². The number of nitrogens with zero attached hydrogens (tertiary/aromatic N) is 1. The first-order chi connectivity index (χ1) is 14.3. The van der Waals surface area contributed by atoms with Gasteiger partial charge < -0.3 is 4.90 Å². The summed E-state index contributed by atoms with van der Waals surface area (Å²) in [5, 5.41) is 0.546. The van der Waals surface area contributed by atoms with Crippen LogP contribution in [-0.2, 0) is 16.4 Å². The predicted octanol–water partition coefficient (Wildman–Crippen LogP) is 5.04. The zero-order valence-corrected chi connectivity index (χ0v) is 18.2. The zero-order chi connectivity index (χ0) is 21.5. The van der Waals surface area contributed by atoms with Crippen molar-refractivity contribution < 1.29 is 13.2 Å². The number of amides is 1. The molecule has 1 atom stereocenters. The molecule has 1 heterocycles. The molecule has 3 aromatic carbocycles.